The van der Waals surface area contributed by atoms with Gasteiger partial charge in [0.1, 0.15) is 5.78 Å². The first-order valence-electron chi connectivity index (χ1n) is 7.30. The van der Waals surface area contributed by atoms with Crippen LogP contribution in [0, 0.1) is 75.0 Å². The molecule has 2 heteroatoms. The molecule has 2 saturated carbocycles. The van der Waals surface area contributed by atoms with Crippen molar-refractivity contribution in [1.82, 2.24) is 0 Å². The molecule has 0 aromatic heterocycles. The Morgan fingerprint density at radius 1 is 0.952 bits per heavy atom. The Bertz CT molecular complexity index is 262. The Kier molecular flexibility index (Phi) is 10.9. The minimum Gasteiger partial charge on any atom is -0.299 e. The van der Waals surface area contributed by atoms with Crippen molar-refractivity contribution in [3.63, 3.8) is 0 Å². The fourth-order valence-corrected chi connectivity index (χ4v) is 2.43. The second kappa shape index (κ2) is 10.8. The van der Waals surface area contributed by atoms with E-state index in [2.05, 4.69) is 27.7 Å². The summed E-state index contributed by atoms with van der Waals surface area (Å²) in [4.78, 5) is 11.8. The molecule has 1 nitrogen and oxygen atoms in total. The minimum absolute atomic E-state index is 0. The van der Waals surface area contributed by atoms with Gasteiger partial charge in [-0.3, -0.25) is 4.79 Å². The summed E-state index contributed by atoms with van der Waals surface area (Å²) in [6.45, 7) is 8.82. The molecule has 10 radical (unpaired) electrons. The van der Waals surface area contributed by atoms with Crippen LogP contribution in [0.2, 0.25) is 0 Å². The van der Waals surface area contributed by atoms with Gasteiger partial charge in [-0.15, -0.1) is 0 Å². The first-order chi connectivity index (χ1) is 9.38. The molecule has 2 aliphatic carbocycles. The van der Waals surface area contributed by atoms with E-state index in [1.807, 2.05) is 57.8 Å². The molecule has 0 bridgehead atoms. The summed E-state index contributed by atoms with van der Waals surface area (Å²) in [6.07, 6.45) is 19.4. The molecule has 21 heavy (non-hydrogen) atoms. The van der Waals surface area contributed by atoms with Crippen LogP contribution in [0.15, 0.2) is 0 Å². The second-order valence-electron chi connectivity index (χ2n) is 6.63. The zero-order valence-corrected chi connectivity index (χ0v) is 14.6. The second-order valence-corrected chi connectivity index (χ2v) is 6.63. The van der Waals surface area contributed by atoms with Crippen LogP contribution in [0.3, 0.4) is 0 Å². The van der Waals surface area contributed by atoms with Crippen molar-refractivity contribution in [2.45, 2.75) is 40.5 Å². The van der Waals surface area contributed by atoms with Crippen molar-refractivity contribution in [1.29, 1.82) is 0 Å². The van der Waals surface area contributed by atoms with Gasteiger partial charge in [-0.05, 0) is 75.5 Å². The van der Waals surface area contributed by atoms with Crippen LogP contribution in [0.4, 0.5) is 0 Å². The molecule has 0 amide bonds. The molecule has 0 N–H and O–H groups in total. The Labute approximate surface area is 143 Å². The molecule has 1 unspecified atom stereocenters. The number of hydrogen-bond donors (Lipinski definition) is 0. The van der Waals surface area contributed by atoms with Gasteiger partial charge in [0, 0.05) is 12.3 Å². The van der Waals surface area contributed by atoms with E-state index in [4.69, 9.17) is 0 Å². The average Bonchev–Trinajstić information content (AvgIpc) is 3.03. The van der Waals surface area contributed by atoms with Gasteiger partial charge in [0.25, 0.3) is 0 Å². The summed E-state index contributed by atoms with van der Waals surface area (Å²) < 4.78 is 0. The van der Waals surface area contributed by atoms with E-state index >= 15 is 0 Å². The first-order valence-corrected chi connectivity index (χ1v) is 7.30. The minimum atomic E-state index is 0. The zero-order chi connectivity index (χ0) is 15.0. The van der Waals surface area contributed by atoms with E-state index in [9.17, 15) is 4.79 Å². The molecular formula is C19H26FeO+2. The zero-order valence-electron chi connectivity index (χ0n) is 13.4. The van der Waals surface area contributed by atoms with E-state index in [-0.39, 0.29) is 22.9 Å². The molecular weight excluding hydrogens is 300 g/mol. The predicted molar refractivity (Wildman–Crippen MR) is 84.8 cm³/mol. The molecule has 0 saturated heterocycles. The summed E-state index contributed by atoms with van der Waals surface area (Å²) in [5, 5.41) is 0. The van der Waals surface area contributed by atoms with Gasteiger partial charge in [0.15, 0.2) is 0 Å². The number of ketones is 1. The van der Waals surface area contributed by atoms with Crippen LogP contribution in [0.5, 0.6) is 0 Å². The van der Waals surface area contributed by atoms with E-state index < -0.39 is 0 Å². The smallest absolute Gasteiger partial charge is 0.299 e. The molecule has 2 aliphatic rings. The molecule has 1 atom stereocenters. The molecule has 0 spiro atoms. The van der Waals surface area contributed by atoms with E-state index in [1.165, 1.54) is 0 Å². The molecule has 0 aromatic rings. The third-order valence-electron chi connectivity index (χ3n) is 3.03. The third-order valence-corrected chi connectivity index (χ3v) is 3.03. The van der Waals surface area contributed by atoms with Crippen LogP contribution in [0.25, 0.3) is 0 Å². The molecule has 2 fully saturated rings. The Morgan fingerprint density at radius 3 is 1.76 bits per heavy atom. The quantitative estimate of drug-likeness (QED) is 0.698. The van der Waals surface area contributed by atoms with Crippen molar-refractivity contribution in [3.05, 3.63) is 63.7 Å². The molecule has 2 rings (SSSR count). The van der Waals surface area contributed by atoms with Crippen molar-refractivity contribution < 1.29 is 21.9 Å². The van der Waals surface area contributed by atoms with Gasteiger partial charge in [-0.2, -0.15) is 0 Å². The summed E-state index contributed by atoms with van der Waals surface area (Å²) in [6, 6.07) is 0. The van der Waals surface area contributed by atoms with Gasteiger partial charge in [0.05, 0.1) is 0 Å². The van der Waals surface area contributed by atoms with Crippen molar-refractivity contribution in [2.75, 3.05) is 0 Å². The SMILES string of the molecule is CC(CC(=O)[C]1[CH][CH][CH][CH]1)CC(C)(C)C.[CH]1[CH][CH][CH][CH]1.[Fe+2]. The van der Waals surface area contributed by atoms with Gasteiger partial charge in [-0.1, -0.05) is 27.7 Å². The van der Waals surface area contributed by atoms with Gasteiger partial charge in [0.2, 0.25) is 0 Å². The number of hydrogen-bond acceptors (Lipinski definition) is 1. The van der Waals surface area contributed by atoms with Crippen LogP contribution < -0.4 is 0 Å². The third kappa shape index (κ3) is 10.5. The normalized spacial score (nSPS) is 20.4. The van der Waals surface area contributed by atoms with E-state index in [0.29, 0.717) is 17.8 Å². The van der Waals surface area contributed by atoms with Gasteiger partial charge < -0.3 is 0 Å². The van der Waals surface area contributed by atoms with Gasteiger partial charge in [-0.25, -0.2) is 0 Å². The average molecular weight is 326 g/mol. The topological polar surface area (TPSA) is 17.1 Å². The number of carbonyl (C=O) groups is 1. The first kappa shape index (κ1) is 21.2. The maximum absolute atomic E-state index is 11.8. The molecule has 0 aliphatic heterocycles. The maximum atomic E-state index is 11.8. The summed E-state index contributed by atoms with van der Waals surface area (Å²) in [7, 11) is 0. The number of rotatable bonds is 4. The summed E-state index contributed by atoms with van der Waals surface area (Å²) >= 11 is 0. The number of Topliss-reactive ketones (excluding diaryl/α,β-unsaturated/α-hetero) is 1. The summed E-state index contributed by atoms with van der Waals surface area (Å²) in [5.74, 6) is 1.60. The molecule has 0 heterocycles. The van der Waals surface area contributed by atoms with Crippen molar-refractivity contribution in [3.8, 4) is 0 Å². The maximum Gasteiger partial charge on any atom is 2.00 e. The fraction of sp³-hybridized carbons (Fsp3) is 0.421. The summed E-state index contributed by atoms with van der Waals surface area (Å²) in [5.41, 5.74) is 0.311. The van der Waals surface area contributed by atoms with Crippen molar-refractivity contribution in [2.24, 2.45) is 11.3 Å². The van der Waals surface area contributed by atoms with Crippen LogP contribution in [-0.2, 0) is 21.9 Å². The Morgan fingerprint density at radius 2 is 1.38 bits per heavy atom. The standard InChI is InChI=1S/C14H21O.C5H5.Fe/c1-11(10-14(2,3)4)9-13(15)12-7-5-6-8-12;1-2-4-5-3-1;/h5-8,11H,9-10H2,1-4H3;1-5H;/q;;+2. The van der Waals surface area contributed by atoms with Crippen LogP contribution in [-0.4, -0.2) is 5.78 Å². The van der Waals surface area contributed by atoms with E-state index in [1.54, 1.807) is 0 Å². The van der Waals surface area contributed by atoms with Gasteiger partial charge >= 0.3 is 17.1 Å². The number of carbonyl (C=O) groups excluding carboxylic acids is 1. The van der Waals surface area contributed by atoms with Crippen LogP contribution >= 0.6 is 0 Å². The predicted octanol–water partition coefficient (Wildman–Crippen LogP) is 4.44. The van der Waals surface area contributed by atoms with Crippen LogP contribution in [0.1, 0.15) is 40.5 Å². The molecule has 0 aromatic carbocycles. The van der Waals surface area contributed by atoms with Crippen molar-refractivity contribution >= 4 is 5.78 Å². The largest absolute Gasteiger partial charge is 2.00 e. The molecule has 114 valence electrons. The Hall–Kier alpha value is 0.189. The fourth-order valence-electron chi connectivity index (χ4n) is 2.43. The van der Waals surface area contributed by atoms with E-state index in [0.717, 1.165) is 12.3 Å². The Balaban J connectivity index is 0.000000562. The monoisotopic (exact) mass is 326 g/mol.